The predicted octanol–water partition coefficient (Wildman–Crippen LogP) is 4.57. The molecule has 0 aliphatic carbocycles. The van der Waals surface area contributed by atoms with E-state index in [-0.39, 0.29) is 5.91 Å². The molecule has 4 rings (SSSR count). The highest BCUT2D eigenvalue weighted by atomic mass is 16.5. The Hall–Kier alpha value is -3.48. The Morgan fingerprint density at radius 1 is 1.07 bits per heavy atom. The minimum Gasteiger partial charge on any atom is -0.361 e. The smallest absolute Gasteiger partial charge is 0.256 e. The van der Waals surface area contributed by atoms with Crippen LogP contribution in [0.25, 0.3) is 10.9 Å². The third kappa shape index (κ3) is 3.47. The highest BCUT2D eigenvalue weighted by Gasteiger charge is 2.19. The molecule has 3 heterocycles. The molecule has 0 bridgehead atoms. The fourth-order valence-electron chi connectivity index (χ4n) is 3.75. The Labute approximate surface area is 175 Å². The second-order valence-electron chi connectivity index (χ2n) is 7.79. The standard InChI is InChI=1S/C23H25N5O2/c1-12-7-8-21-18(9-12)19(10-13(2)24-21)23(29)25-22-15(4)26-28(16(22)5)11-20-14(3)27-30-17(20)6/h7-10H,11H2,1-6H3,(H,25,29). The van der Waals surface area contributed by atoms with Crippen molar-refractivity contribution in [2.24, 2.45) is 0 Å². The Kier molecular flexibility index (Phi) is 4.89. The quantitative estimate of drug-likeness (QED) is 0.539. The second-order valence-corrected chi connectivity index (χ2v) is 7.79. The molecule has 0 unspecified atom stereocenters. The van der Waals surface area contributed by atoms with Gasteiger partial charge < -0.3 is 9.84 Å². The minimum absolute atomic E-state index is 0.167. The van der Waals surface area contributed by atoms with Crippen LogP contribution in [0.3, 0.4) is 0 Å². The highest BCUT2D eigenvalue weighted by Crippen LogP contribution is 2.25. The van der Waals surface area contributed by atoms with Crippen LogP contribution < -0.4 is 5.32 Å². The topological polar surface area (TPSA) is 85.8 Å². The molecular formula is C23H25N5O2. The molecule has 154 valence electrons. The summed E-state index contributed by atoms with van der Waals surface area (Å²) >= 11 is 0. The molecular weight excluding hydrogens is 378 g/mol. The van der Waals surface area contributed by atoms with Crippen LogP contribution in [0.15, 0.2) is 28.8 Å². The Balaban J connectivity index is 1.69. The maximum absolute atomic E-state index is 13.2. The molecule has 0 aliphatic rings. The number of nitrogens with zero attached hydrogens (tertiary/aromatic N) is 4. The molecule has 1 aromatic carbocycles. The molecule has 0 aliphatic heterocycles. The maximum atomic E-state index is 13.2. The van der Waals surface area contributed by atoms with Gasteiger partial charge >= 0.3 is 0 Å². The molecule has 7 heteroatoms. The SMILES string of the molecule is Cc1ccc2nc(C)cc(C(=O)Nc3c(C)nn(Cc4c(C)noc4C)c3C)c2c1. The summed E-state index contributed by atoms with van der Waals surface area (Å²) in [4.78, 5) is 17.8. The molecule has 0 spiro atoms. The lowest BCUT2D eigenvalue weighted by molar-refractivity contribution is 0.102. The number of nitrogens with one attached hydrogen (secondary N) is 1. The molecule has 0 saturated carbocycles. The molecule has 0 radical (unpaired) electrons. The van der Waals surface area contributed by atoms with Crippen molar-refractivity contribution >= 4 is 22.5 Å². The molecule has 0 atom stereocenters. The predicted molar refractivity (Wildman–Crippen MR) is 116 cm³/mol. The van der Waals surface area contributed by atoms with E-state index in [2.05, 4.69) is 20.6 Å². The third-order valence-electron chi connectivity index (χ3n) is 5.45. The zero-order valence-corrected chi connectivity index (χ0v) is 18.1. The molecule has 1 amide bonds. The van der Waals surface area contributed by atoms with Gasteiger partial charge in [-0.1, -0.05) is 16.8 Å². The van der Waals surface area contributed by atoms with Crippen molar-refractivity contribution < 1.29 is 9.32 Å². The lowest BCUT2D eigenvalue weighted by Gasteiger charge is -2.10. The highest BCUT2D eigenvalue weighted by molar-refractivity contribution is 6.12. The first-order valence-electron chi connectivity index (χ1n) is 9.89. The average Bonchev–Trinajstić information content (AvgIpc) is 3.15. The number of hydrogen-bond donors (Lipinski definition) is 1. The van der Waals surface area contributed by atoms with Crippen LogP contribution in [0.1, 0.15) is 50.0 Å². The number of benzene rings is 1. The number of amides is 1. The number of anilines is 1. The molecule has 7 nitrogen and oxygen atoms in total. The average molecular weight is 403 g/mol. The first-order valence-corrected chi connectivity index (χ1v) is 9.89. The summed E-state index contributed by atoms with van der Waals surface area (Å²) in [5, 5.41) is 12.6. The maximum Gasteiger partial charge on any atom is 0.256 e. The Morgan fingerprint density at radius 2 is 1.83 bits per heavy atom. The van der Waals surface area contributed by atoms with Gasteiger partial charge in [0.2, 0.25) is 0 Å². The van der Waals surface area contributed by atoms with E-state index in [4.69, 9.17) is 4.52 Å². The number of pyridine rings is 1. The third-order valence-corrected chi connectivity index (χ3v) is 5.45. The lowest BCUT2D eigenvalue weighted by Crippen LogP contribution is -2.14. The molecule has 1 N–H and O–H groups in total. The van der Waals surface area contributed by atoms with Crippen LogP contribution in [0, 0.1) is 41.5 Å². The number of carbonyl (C=O) groups is 1. The van der Waals surface area contributed by atoms with E-state index in [1.165, 1.54) is 0 Å². The van der Waals surface area contributed by atoms with Gasteiger partial charge in [0.1, 0.15) is 5.76 Å². The summed E-state index contributed by atoms with van der Waals surface area (Å²) < 4.78 is 7.13. The van der Waals surface area contributed by atoms with Gasteiger partial charge in [-0.15, -0.1) is 0 Å². The van der Waals surface area contributed by atoms with E-state index in [1.54, 1.807) is 0 Å². The zero-order valence-electron chi connectivity index (χ0n) is 18.1. The van der Waals surface area contributed by atoms with Gasteiger partial charge in [0, 0.05) is 16.6 Å². The number of rotatable bonds is 4. The number of fused-ring (bicyclic) bond motifs is 1. The van der Waals surface area contributed by atoms with Crippen molar-refractivity contribution in [1.29, 1.82) is 0 Å². The molecule has 30 heavy (non-hydrogen) atoms. The van der Waals surface area contributed by atoms with E-state index in [1.807, 2.05) is 70.5 Å². The van der Waals surface area contributed by atoms with Crippen LogP contribution in [-0.2, 0) is 6.54 Å². The molecule has 0 saturated heterocycles. The molecule has 4 aromatic rings. The van der Waals surface area contributed by atoms with E-state index in [0.717, 1.165) is 56.3 Å². The number of hydrogen-bond acceptors (Lipinski definition) is 5. The second kappa shape index (κ2) is 7.40. The van der Waals surface area contributed by atoms with Gasteiger partial charge in [-0.3, -0.25) is 14.5 Å². The summed E-state index contributed by atoms with van der Waals surface area (Å²) in [6.45, 7) is 12.1. The van der Waals surface area contributed by atoms with Gasteiger partial charge in [-0.05, 0) is 59.7 Å². The zero-order chi connectivity index (χ0) is 21.6. The summed E-state index contributed by atoms with van der Waals surface area (Å²) in [6.07, 6.45) is 0. The van der Waals surface area contributed by atoms with Crippen LogP contribution in [0.5, 0.6) is 0 Å². The van der Waals surface area contributed by atoms with Crippen molar-refractivity contribution in [3.05, 3.63) is 69.5 Å². The van der Waals surface area contributed by atoms with E-state index in [9.17, 15) is 4.79 Å². The van der Waals surface area contributed by atoms with Gasteiger partial charge in [0.15, 0.2) is 0 Å². The Bertz CT molecular complexity index is 1260. The van der Waals surface area contributed by atoms with Crippen molar-refractivity contribution in [3.63, 3.8) is 0 Å². The van der Waals surface area contributed by atoms with Crippen LogP contribution in [0.4, 0.5) is 5.69 Å². The van der Waals surface area contributed by atoms with Crippen LogP contribution in [-0.4, -0.2) is 25.8 Å². The van der Waals surface area contributed by atoms with Crippen molar-refractivity contribution in [3.8, 4) is 0 Å². The number of aromatic nitrogens is 4. The summed E-state index contributed by atoms with van der Waals surface area (Å²) in [5.74, 6) is 0.610. The first kappa shape index (κ1) is 19.8. The van der Waals surface area contributed by atoms with Crippen molar-refractivity contribution in [2.75, 3.05) is 5.32 Å². The van der Waals surface area contributed by atoms with Gasteiger partial charge in [-0.2, -0.15) is 5.10 Å². The molecule has 0 fully saturated rings. The lowest BCUT2D eigenvalue weighted by atomic mass is 10.0. The summed E-state index contributed by atoms with van der Waals surface area (Å²) in [7, 11) is 0. The first-order chi connectivity index (χ1) is 14.2. The fraction of sp³-hybridized carbons (Fsp3) is 0.304. The van der Waals surface area contributed by atoms with Crippen LogP contribution in [0.2, 0.25) is 0 Å². The minimum atomic E-state index is -0.167. The largest absolute Gasteiger partial charge is 0.361 e. The van der Waals surface area contributed by atoms with Crippen LogP contribution >= 0.6 is 0 Å². The normalized spacial score (nSPS) is 11.3. The van der Waals surface area contributed by atoms with Gasteiger partial charge in [0.25, 0.3) is 5.91 Å². The van der Waals surface area contributed by atoms with E-state index in [0.29, 0.717) is 12.1 Å². The number of aryl methyl sites for hydroxylation is 5. The fourth-order valence-corrected chi connectivity index (χ4v) is 3.75. The molecule has 3 aromatic heterocycles. The summed E-state index contributed by atoms with van der Waals surface area (Å²) in [6, 6.07) is 7.78. The Morgan fingerprint density at radius 3 is 2.53 bits per heavy atom. The van der Waals surface area contributed by atoms with E-state index < -0.39 is 0 Å². The van der Waals surface area contributed by atoms with Gasteiger partial charge in [0.05, 0.1) is 40.4 Å². The van der Waals surface area contributed by atoms with Gasteiger partial charge in [-0.25, -0.2) is 0 Å². The summed E-state index contributed by atoms with van der Waals surface area (Å²) in [5.41, 5.74) is 7.53. The van der Waals surface area contributed by atoms with Crippen molar-refractivity contribution in [1.82, 2.24) is 19.9 Å². The monoisotopic (exact) mass is 403 g/mol. The van der Waals surface area contributed by atoms with Crippen molar-refractivity contribution in [2.45, 2.75) is 48.1 Å². The van der Waals surface area contributed by atoms with E-state index >= 15 is 0 Å². The number of carbonyl (C=O) groups excluding carboxylic acids is 1.